The molecule has 0 aliphatic heterocycles. The van der Waals surface area contributed by atoms with E-state index in [4.69, 9.17) is 4.74 Å². The van der Waals surface area contributed by atoms with E-state index < -0.39 is 0 Å². The second kappa shape index (κ2) is 7.39. The van der Waals surface area contributed by atoms with Crippen molar-refractivity contribution < 1.29 is 13.9 Å². The second-order valence-corrected chi connectivity index (χ2v) is 7.03. The van der Waals surface area contributed by atoms with Crippen LogP contribution in [0.4, 0.5) is 4.39 Å². The lowest BCUT2D eigenvalue weighted by Crippen LogP contribution is -2.39. The Bertz CT molecular complexity index is 967. The quantitative estimate of drug-likeness (QED) is 0.609. The Morgan fingerprint density at radius 3 is 2.52 bits per heavy atom. The van der Waals surface area contributed by atoms with Crippen LogP contribution in [0.3, 0.4) is 0 Å². The van der Waals surface area contributed by atoms with Gasteiger partial charge in [-0.1, -0.05) is 48.5 Å². The molecule has 27 heavy (non-hydrogen) atoms. The standard InChI is InChI=1S/C23H22FNO2/c1-16(21-8-4-5-9-22(21)24)25(19-11-12-19)23(26)15-27-20-13-10-17-6-2-3-7-18(17)14-20/h2-10,13-14,16,19H,11-12,15H2,1H3/t16-/m0/s1. The molecule has 4 rings (SSSR count). The highest BCUT2D eigenvalue weighted by atomic mass is 19.1. The van der Waals surface area contributed by atoms with E-state index in [-0.39, 0.29) is 30.4 Å². The molecule has 0 unspecified atom stereocenters. The van der Waals surface area contributed by atoms with E-state index in [1.54, 1.807) is 23.1 Å². The molecule has 1 fully saturated rings. The maximum absolute atomic E-state index is 14.2. The van der Waals surface area contributed by atoms with Gasteiger partial charge in [0.15, 0.2) is 6.61 Å². The normalized spacial score (nSPS) is 14.7. The summed E-state index contributed by atoms with van der Waals surface area (Å²) in [6.07, 6.45) is 1.92. The summed E-state index contributed by atoms with van der Waals surface area (Å²) >= 11 is 0. The maximum atomic E-state index is 14.2. The predicted molar refractivity (Wildman–Crippen MR) is 104 cm³/mol. The fourth-order valence-electron chi connectivity index (χ4n) is 3.53. The summed E-state index contributed by atoms with van der Waals surface area (Å²) < 4.78 is 19.9. The van der Waals surface area contributed by atoms with Gasteiger partial charge in [0.2, 0.25) is 0 Å². The van der Waals surface area contributed by atoms with Crippen molar-refractivity contribution in [3.8, 4) is 5.75 Å². The molecule has 3 aromatic carbocycles. The molecule has 3 nitrogen and oxygen atoms in total. The van der Waals surface area contributed by atoms with E-state index in [1.165, 1.54) is 6.07 Å². The number of hydrogen-bond acceptors (Lipinski definition) is 2. The summed E-state index contributed by atoms with van der Waals surface area (Å²) in [6, 6.07) is 20.3. The van der Waals surface area contributed by atoms with E-state index in [1.807, 2.05) is 49.4 Å². The topological polar surface area (TPSA) is 29.5 Å². The largest absolute Gasteiger partial charge is 0.484 e. The van der Waals surface area contributed by atoms with Crippen LogP contribution in [-0.2, 0) is 4.79 Å². The Balaban J connectivity index is 1.48. The van der Waals surface area contributed by atoms with Gasteiger partial charge in [-0.3, -0.25) is 4.79 Å². The highest BCUT2D eigenvalue weighted by Crippen LogP contribution is 2.35. The van der Waals surface area contributed by atoms with Gasteiger partial charge in [0.25, 0.3) is 5.91 Å². The van der Waals surface area contributed by atoms with Gasteiger partial charge in [0, 0.05) is 11.6 Å². The van der Waals surface area contributed by atoms with Gasteiger partial charge in [-0.25, -0.2) is 4.39 Å². The molecule has 0 radical (unpaired) electrons. The SMILES string of the molecule is C[C@@H](c1ccccc1F)N(C(=O)COc1ccc2ccccc2c1)C1CC1. The van der Waals surface area contributed by atoms with Gasteiger partial charge >= 0.3 is 0 Å². The van der Waals surface area contributed by atoms with Crippen molar-refractivity contribution in [2.24, 2.45) is 0 Å². The van der Waals surface area contributed by atoms with Gasteiger partial charge in [-0.2, -0.15) is 0 Å². The average molecular weight is 363 g/mol. The second-order valence-electron chi connectivity index (χ2n) is 7.03. The van der Waals surface area contributed by atoms with Gasteiger partial charge in [-0.05, 0) is 48.7 Å². The van der Waals surface area contributed by atoms with Gasteiger partial charge in [-0.15, -0.1) is 0 Å². The van der Waals surface area contributed by atoms with Gasteiger partial charge in [0.1, 0.15) is 11.6 Å². The minimum Gasteiger partial charge on any atom is -0.484 e. The monoisotopic (exact) mass is 363 g/mol. The van der Waals surface area contributed by atoms with Gasteiger partial charge < -0.3 is 9.64 Å². The summed E-state index contributed by atoms with van der Waals surface area (Å²) in [7, 11) is 0. The van der Waals surface area contributed by atoms with Crippen molar-refractivity contribution in [3.63, 3.8) is 0 Å². The van der Waals surface area contributed by atoms with Crippen LogP contribution in [0.1, 0.15) is 31.4 Å². The maximum Gasteiger partial charge on any atom is 0.261 e. The molecule has 1 saturated carbocycles. The summed E-state index contributed by atoms with van der Waals surface area (Å²) in [5.74, 6) is 0.275. The Labute approximate surface area is 158 Å². The number of nitrogens with zero attached hydrogens (tertiary/aromatic N) is 1. The van der Waals surface area contributed by atoms with Crippen LogP contribution in [0.2, 0.25) is 0 Å². The summed E-state index contributed by atoms with van der Waals surface area (Å²) in [6.45, 7) is 1.83. The van der Waals surface area contributed by atoms with Gasteiger partial charge in [0.05, 0.1) is 6.04 Å². The molecule has 0 spiro atoms. The Hall–Kier alpha value is -2.88. The molecular formula is C23H22FNO2. The summed E-state index contributed by atoms with van der Waals surface area (Å²) in [5, 5.41) is 2.20. The van der Waals surface area contributed by atoms with Crippen LogP contribution in [0.15, 0.2) is 66.7 Å². The van der Waals surface area contributed by atoms with Crippen molar-refractivity contribution in [2.45, 2.75) is 31.8 Å². The fraction of sp³-hybridized carbons (Fsp3) is 0.261. The molecule has 0 N–H and O–H groups in total. The zero-order valence-corrected chi connectivity index (χ0v) is 15.3. The molecule has 1 atom stereocenters. The van der Waals surface area contributed by atoms with Crippen LogP contribution in [0.25, 0.3) is 10.8 Å². The Morgan fingerprint density at radius 1 is 1.07 bits per heavy atom. The first-order valence-electron chi connectivity index (χ1n) is 9.30. The highest BCUT2D eigenvalue weighted by molar-refractivity contribution is 5.84. The fourth-order valence-corrected chi connectivity index (χ4v) is 3.53. The third-order valence-corrected chi connectivity index (χ3v) is 5.08. The van der Waals surface area contributed by atoms with E-state index in [0.717, 1.165) is 23.6 Å². The minimum absolute atomic E-state index is 0.0480. The molecule has 0 heterocycles. The van der Waals surface area contributed by atoms with Crippen molar-refractivity contribution >= 4 is 16.7 Å². The lowest BCUT2D eigenvalue weighted by Gasteiger charge is -2.30. The first-order valence-corrected chi connectivity index (χ1v) is 9.30. The first-order chi connectivity index (χ1) is 13.1. The summed E-state index contributed by atoms with van der Waals surface area (Å²) in [5.41, 5.74) is 0.545. The van der Waals surface area contributed by atoms with E-state index in [2.05, 4.69) is 0 Å². The number of halogens is 1. The number of amides is 1. The van der Waals surface area contributed by atoms with E-state index in [9.17, 15) is 9.18 Å². The third kappa shape index (κ3) is 3.80. The lowest BCUT2D eigenvalue weighted by atomic mass is 10.1. The molecule has 0 bridgehead atoms. The zero-order chi connectivity index (χ0) is 18.8. The average Bonchev–Trinajstić information content (AvgIpc) is 3.51. The zero-order valence-electron chi connectivity index (χ0n) is 15.3. The molecule has 1 aliphatic carbocycles. The molecule has 0 aromatic heterocycles. The smallest absolute Gasteiger partial charge is 0.261 e. The van der Waals surface area contributed by atoms with Crippen molar-refractivity contribution in [3.05, 3.63) is 78.1 Å². The van der Waals surface area contributed by atoms with Crippen LogP contribution < -0.4 is 4.74 Å². The highest BCUT2D eigenvalue weighted by Gasteiger charge is 2.37. The van der Waals surface area contributed by atoms with Crippen molar-refractivity contribution in [1.29, 1.82) is 0 Å². The lowest BCUT2D eigenvalue weighted by molar-refractivity contribution is -0.136. The molecule has 1 amide bonds. The van der Waals surface area contributed by atoms with Crippen LogP contribution >= 0.6 is 0 Å². The Kier molecular flexibility index (Phi) is 4.80. The number of carbonyl (C=O) groups is 1. The number of hydrogen-bond donors (Lipinski definition) is 0. The number of fused-ring (bicyclic) bond motifs is 1. The number of benzene rings is 3. The first kappa shape index (κ1) is 17.5. The van der Waals surface area contributed by atoms with Crippen molar-refractivity contribution in [1.82, 2.24) is 4.90 Å². The molecule has 0 saturated heterocycles. The number of ether oxygens (including phenoxy) is 1. The third-order valence-electron chi connectivity index (χ3n) is 5.08. The van der Waals surface area contributed by atoms with Crippen molar-refractivity contribution in [2.75, 3.05) is 6.61 Å². The van der Waals surface area contributed by atoms with E-state index >= 15 is 0 Å². The summed E-state index contributed by atoms with van der Waals surface area (Å²) in [4.78, 5) is 14.6. The molecule has 138 valence electrons. The van der Waals surface area contributed by atoms with Crippen LogP contribution in [-0.4, -0.2) is 23.5 Å². The van der Waals surface area contributed by atoms with Crippen LogP contribution in [0.5, 0.6) is 5.75 Å². The molecular weight excluding hydrogens is 341 g/mol. The molecule has 3 aromatic rings. The van der Waals surface area contributed by atoms with Crippen LogP contribution in [0, 0.1) is 5.82 Å². The van der Waals surface area contributed by atoms with E-state index in [0.29, 0.717) is 11.3 Å². The minimum atomic E-state index is -0.314. The molecule has 1 aliphatic rings. The predicted octanol–water partition coefficient (Wildman–Crippen LogP) is 5.11. The number of rotatable bonds is 6. The molecule has 4 heteroatoms. The number of carbonyl (C=O) groups excluding carboxylic acids is 1. The Morgan fingerprint density at radius 2 is 1.78 bits per heavy atom.